The smallest absolute Gasteiger partial charge is 0.251 e. The van der Waals surface area contributed by atoms with Crippen molar-refractivity contribution in [2.45, 2.75) is 13.1 Å². The fourth-order valence-electron chi connectivity index (χ4n) is 3.73. The normalized spacial score (nSPS) is 14.2. The molecule has 1 fully saturated rings. The molecule has 0 saturated carbocycles. The van der Waals surface area contributed by atoms with Gasteiger partial charge < -0.3 is 19.7 Å². The monoisotopic (exact) mass is 486 g/mol. The number of anilines is 1. The fourth-order valence-corrected chi connectivity index (χ4v) is 4.76. The molecular weight excluding hydrogens is 460 g/mol. The molecule has 4 rings (SSSR count). The molecule has 0 atom stereocenters. The lowest BCUT2D eigenvalue weighted by Crippen LogP contribution is -2.45. The summed E-state index contributed by atoms with van der Waals surface area (Å²) in [6, 6.07) is 12.9. The number of nitrogens with zero attached hydrogens (tertiary/aromatic N) is 3. The summed E-state index contributed by atoms with van der Waals surface area (Å²) in [6.07, 6.45) is 1.85. The second-order valence-corrected chi connectivity index (χ2v) is 9.28. The molecule has 1 amide bonds. The van der Waals surface area contributed by atoms with E-state index in [-0.39, 0.29) is 5.91 Å². The van der Waals surface area contributed by atoms with E-state index in [9.17, 15) is 4.79 Å². The molecular formula is C24H27ClN4O3S. The molecule has 2 heterocycles. The lowest BCUT2D eigenvalue weighted by molar-refractivity contribution is 0.0951. The molecule has 33 heavy (non-hydrogen) atoms. The summed E-state index contributed by atoms with van der Waals surface area (Å²) >= 11 is 7.51. The molecule has 0 radical (unpaired) electrons. The third-order valence-electron chi connectivity index (χ3n) is 5.57. The minimum absolute atomic E-state index is 0.120. The molecule has 1 aliphatic rings. The van der Waals surface area contributed by atoms with Gasteiger partial charge in [0, 0.05) is 54.4 Å². The molecule has 0 bridgehead atoms. The number of methoxy groups -OCH3 is 2. The van der Waals surface area contributed by atoms with Crippen molar-refractivity contribution >= 4 is 34.0 Å². The predicted molar refractivity (Wildman–Crippen MR) is 132 cm³/mol. The van der Waals surface area contributed by atoms with Gasteiger partial charge in [-0.1, -0.05) is 17.7 Å². The van der Waals surface area contributed by atoms with Crippen LogP contribution in [0.5, 0.6) is 11.5 Å². The first-order valence-corrected chi connectivity index (χ1v) is 11.9. The van der Waals surface area contributed by atoms with Gasteiger partial charge in [-0.3, -0.25) is 9.69 Å². The van der Waals surface area contributed by atoms with Gasteiger partial charge in [0.2, 0.25) is 0 Å². The second-order valence-electron chi connectivity index (χ2n) is 7.75. The van der Waals surface area contributed by atoms with E-state index in [1.165, 1.54) is 5.56 Å². The Morgan fingerprint density at radius 2 is 1.79 bits per heavy atom. The number of amides is 1. The van der Waals surface area contributed by atoms with Crippen molar-refractivity contribution in [3.63, 3.8) is 0 Å². The lowest BCUT2D eigenvalue weighted by Gasteiger charge is -2.34. The first kappa shape index (κ1) is 23.4. The Balaban J connectivity index is 1.26. The zero-order valence-corrected chi connectivity index (χ0v) is 20.3. The SMILES string of the molecule is COc1ccc(CN2CCN(c3ncc(CNC(=O)c4ccc(Cl)cc4)s3)CC2)cc1OC. The number of aromatic nitrogens is 1. The summed E-state index contributed by atoms with van der Waals surface area (Å²) in [6.45, 7) is 5.06. The van der Waals surface area contributed by atoms with Gasteiger partial charge in [-0.25, -0.2) is 4.98 Å². The zero-order chi connectivity index (χ0) is 23.2. The lowest BCUT2D eigenvalue weighted by atomic mass is 10.1. The van der Waals surface area contributed by atoms with Crippen LogP contribution in [-0.4, -0.2) is 56.2 Å². The summed E-state index contributed by atoms with van der Waals surface area (Å²) in [7, 11) is 3.31. The van der Waals surface area contributed by atoms with Crippen LogP contribution in [0.2, 0.25) is 5.02 Å². The largest absolute Gasteiger partial charge is 0.493 e. The van der Waals surface area contributed by atoms with Crippen molar-refractivity contribution in [3.8, 4) is 11.5 Å². The van der Waals surface area contributed by atoms with Crippen LogP contribution in [0, 0.1) is 0 Å². The maximum Gasteiger partial charge on any atom is 0.251 e. The minimum atomic E-state index is -0.120. The van der Waals surface area contributed by atoms with E-state index in [0.717, 1.165) is 54.2 Å². The predicted octanol–water partition coefficient (Wildman–Crippen LogP) is 4.07. The molecule has 1 aromatic heterocycles. The molecule has 0 spiro atoms. The van der Waals surface area contributed by atoms with Crippen LogP contribution in [0.15, 0.2) is 48.7 Å². The van der Waals surface area contributed by atoms with Gasteiger partial charge in [-0.15, -0.1) is 11.3 Å². The Morgan fingerprint density at radius 3 is 2.48 bits per heavy atom. The number of carbonyl (C=O) groups is 1. The number of benzene rings is 2. The number of carbonyl (C=O) groups excluding carboxylic acids is 1. The van der Waals surface area contributed by atoms with Crippen molar-refractivity contribution in [1.29, 1.82) is 0 Å². The van der Waals surface area contributed by atoms with Crippen molar-refractivity contribution < 1.29 is 14.3 Å². The van der Waals surface area contributed by atoms with Crippen LogP contribution in [0.1, 0.15) is 20.8 Å². The molecule has 0 unspecified atom stereocenters. The minimum Gasteiger partial charge on any atom is -0.493 e. The van der Waals surface area contributed by atoms with Gasteiger partial charge in [0.15, 0.2) is 16.6 Å². The number of nitrogens with one attached hydrogen (secondary N) is 1. The maximum atomic E-state index is 12.3. The third kappa shape index (κ3) is 5.96. The van der Waals surface area contributed by atoms with Crippen molar-refractivity contribution in [1.82, 2.24) is 15.2 Å². The van der Waals surface area contributed by atoms with E-state index in [0.29, 0.717) is 17.1 Å². The van der Waals surface area contributed by atoms with Crippen molar-refractivity contribution in [2.75, 3.05) is 45.3 Å². The van der Waals surface area contributed by atoms with Crippen LogP contribution in [0.3, 0.4) is 0 Å². The molecule has 7 nitrogen and oxygen atoms in total. The number of halogens is 1. The number of hydrogen-bond acceptors (Lipinski definition) is 7. The summed E-state index contributed by atoms with van der Waals surface area (Å²) in [4.78, 5) is 22.6. The van der Waals surface area contributed by atoms with Crippen LogP contribution in [0.25, 0.3) is 0 Å². The second kappa shape index (κ2) is 10.9. The molecule has 174 valence electrons. The van der Waals surface area contributed by atoms with Crippen molar-refractivity contribution in [2.24, 2.45) is 0 Å². The van der Waals surface area contributed by atoms with Gasteiger partial charge in [0.05, 0.1) is 20.8 Å². The Kier molecular flexibility index (Phi) is 7.69. The average Bonchev–Trinajstić information content (AvgIpc) is 3.32. The van der Waals surface area contributed by atoms with Crippen LogP contribution in [0.4, 0.5) is 5.13 Å². The van der Waals surface area contributed by atoms with E-state index in [4.69, 9.17) is 21.1 Å². The zero-order valence-electron chi connectivity index (χ0n) is 18.7. The number of thiazole rings is 1. The van der Waals surface area contributed by atoms with Gasteiger partial charge in [0.25, 0.3) is 5.91 Å². The Hall–Kier alpha value is -2.81. The van der Waals surface area contributed by atoms with Gasteiger partial charge in [0.1, 0.15) is 0 Å². The quantitative estimate of drug-likeness (QED) is 0.518. The molecule has 1 aliphatic heterocycles. The molecule has 1 N–H and O–H groups in total. The number of ether oxygens (including phenoxy) is 2. The highest BCUT2D eigenvalue weighted by Crippen LogP contribution is 2.29. The average molecular weight is 487 g/mol. The molecule has 1 saturated heterocycles. The van der Waals surface area contributed by atoms with E-state index in [2.05, 4.69) is 26.2 Å². The van der Waals surface area contributed by atoms with Gasteiger partial charge in [-0.05, 0) is 42.0 Å². The highest BCUT2D eigenvalue weighted by Gasteiger charge is 2.20. The highest BCUT2D eigenvalue weighted by atomic mass is 35.5. The van der Waals surface area contributed by atoms with Gasteiger partial charge >= 0.3 is 0 Å². The van der Waals surface area contributed by atoms with Crippen LogP contribution in [-0.2, 0) is 13.1 Å². The highest BCUT2D eigenvalue weighted by molar-refractivity contribution is 7.15. The maximum absolute atomic E-state index is 12.3. The Bertz CT molecular complexity index is 1080. The van der Waals surface area contributed by atoms with E-state index >= 15 is 0 Å². The number of rotatable bonds is 8. The topological polar surface area (TPSA) is 66.9 Å². The summed E-state index contributed by atoms with van der Waals surface area (Å²) in [5, 5.41) is 4.56. The van der Waals surface area contributed by atoms with Gasteiger partial charge in [-0.2, -0.15) is 0 Å². The Morgan fingerprint density at radius 1 is 1.06 bits per heavy atom. The third-order valence-corrected chi connectivity index (χ3v) is 6.88. The van der Waals surface area contributed by atoms with Crippen LogP contribution < -0.4 is 19.7 Å². The molecule has 9 heteroatoms. The summed E-state index contributed by atoms with van der Waals surface area (Å²) < 4.78 is 10.7. The van der Waals surface area contributed by atoms with E-state index < -0.39 is 0 Å². The van der Waals surface area contributed by atoms with E-state index in [1.807, 2.05) is 18.3 Å². The summed E-state index contributed by atoms with van der Waals surface area (Å²) in [5.74, 6) is 1.38. The van der Waals surface area contributed by atoms with Crippen LogP contribution >= 0.6 is 22.9 Å². The fraction of sp³-hybridized carbons (Fsp3) is 0.333. The summed E-state index contributed by atoms with van der Waals surface area (Å²) in [5.41, 5.74) is 1.80. The molecule has 3 aromatic rings. The number of piperazine rings is 1. The van der Waals surface area contributed by atoms with E-state index in [1.54, 1.807) is 49.8 Å². The molecule has 2 aromatic carbocycles. The first-order valence-electron chi connectivity index (χ1n) is 10.7. The first-order chi connectivity index (χ1) is 16.1. The Labute approximate surface area is 202 Å². The van der Waals surface area contributed by atoms with Crippen molar-refractivity contribution in [3.05, 3.63) is 69.7 Å². The standard InChI is InChI=1S/C24H27ClN4O3S/c1-31-21-8-3-17(13-22(21)32-2)16-28-9-11-29(12-10-28)24-27-15-20(33-24)14-26-23(30)18-4-6-19(25)7-5-18/h3-8,13,15H,9-12,14,16H2,1-2H3,(H,26,30). The number of hydrogen-bond donors (Lipinski definition) is 1. The molecule has 0 aliphatic carbocycles.